The summed E-state index contributed by atoms with van der Waals surface area (Å²) in [6.45, 7) is 0.461. The van der Waals surface area contributed by atoms with Gasteiger partial charge >= 0.3 is 0 Å². The summed E-state index contributed by atoms with van der Waals surface area (Å²) in [7, 11) is 0. The molecule has 0 fully saturated rings. The zero-order valence-electron chi connectivity index (χ0n) is 7.44. The van der Waals surface area contributed by atoms with Crippen LogP contribution in [0, 0.1) is 5.82 Å². The maximum Gasteiger partial charge on any atom is 0.152 e. The van der Waals surface area contributed by atoms with Gasteiger partial charge in [-0.1, -0.05) is 6.07 Å². The van der Waals surface area contributed by atoms with Crippen LogP contribution in [0.4, 0.5) is 4.39 Å². The van der Waals surface area contributed by atoms with Crippen molar-refractivity contribution in [2.75, 3.05) is 6.54 Å². The molecule has 0 aliphatic rings. The summed E-state index contributed by atoms with van der Waals surface area (Å²) in [6.07, 6.45) is 0.555. The van der Waals surface area contributed by atoms with E-state index in [-0.39, 0.29) is 5.52 Å². The van der Waals surface area contributed by atoms with Gasteiger partial charge in [-0.25, -0.2) is 9.37 Å². The average molecular weight is 192 g/mol. The van der Waals surface area contributed by atoms with Crippen molar-refractivity contribution in [3.63, 3.8) is 0 Å². The molecule has 2 rings (SSSR count). The van der Waals surface area contributed by atoms with Gasteiger partial charge in [0.05, 0.1) is 5.52 Å². The molecule has 1 aromatic carbocycles. The van der Waals surface area contributed by atoms with E-state index in [4.69, 9.17) is 5.73 Å². The van der Waals surface area contributed by atoms with Crippen molar-refractivity contribution in [3.05, 3.63) is 29.8 Å². The first-order valence-corrected chi connectivity index (χ1v) is 4.29. The first-order valence-electron chi connectivity index (χ1n) is 4.29. The van der Waals surface area contributed by atoms with Gasteiger partial charge in [-0.15, -0.1) is 10.2 Å². The fourth-order valence-corrected chi connectivity index (χ4v) is 1.20. The molecule has 1 heterocycles. The monoisotopic (exact) mass is 192 g/mol. The molecule has 0 aliphatic heterocycles. The van der Waals surface area contributed by atoms with Crippen molar-refractivity contribution < 1.29 is 4.39 Å². The molecule has 72 valence electrons. The third-order valence-corrected chi connectivity index (χ3v) is 1.85. The normalized spacial score (nSPS) is 10.7. The minimum absolute atomic E-state index is 0.202. The Morgan fingerprint density at radius 1 is 1.29 bits per heavy atom. The molecule has 0 aliphatic carbocycles. The standard InChI is InChI=1S/C9H9FN4/c10-6-2-1-3-7-9(6)14-13-8(12-7)4-5-11/h1-3H,4-5,11H2. The number of fused-ring (bicyclic) bond motifs is 1. The number of nitrogens with zero attached hydrogens (tertiary/aromatic N) is 3. The van der Waals surface area contributed by atoms with Gasteiger partial charge in [0.1, 0.15) is 5.52 Å². The van der Waals surface area contributed by atoms with E-state index in [2.05, 4.69) is 15.2 Å². The molecule has 0 saturated carbocycles. The summed E-state index contributed by atoms with van der Waals surface area (Å²) in [5.41, 5.74) is 6.07. The molecule has 0 saturated heterocycles. The maximum atomic E-state index is 13.1. The zero-order valence-corrected chi connectivity index (χ0v) is 7.44. The Hall–Kier alpha value is -1.62. The second-order valence-corrected chi connectivity index (χ2v) is 2.87. The molecule has 5 heteroatoms. The third kappa shape index (κ3) is 1.54. The fourth-order valence-electron chi connectivity index (χ4n) is 1.20. The van der Waals surface area contributed by atoms with Crippen molar-refractivity contribution in [3.8, 4) is 0 Å². The van der Waals surface area contributed by atoms with E-state index in [1.165, 1.54) is 6.07 Å². The van der Waals surface area contributed by atoms with E-state index in [1.54, 1.807) is 12.1 Å². The van der Waals surface area contributed by atoms with Gasteiger partial charge in [-0.05, 0) is 18.7 Å². The topological polar surface area (TPSA) is 64.7 Å². The highest BCUT2D eigenvalue weighted by molar-refractivity contribution is 5.73. The molecule has 2 N–H and O–H groups in total. The predicted molar refractivity (Wildman–Crippen MR) is 50.0 cm³/mol. The smallest absolute Gasteiger partial charge is 0.152 e. The maximum absolute atomic E-state index is 13.1. The van der Waals surface area contributed by atoms with Gasteiger partial charge in [0, 0.05) is 6.42 Å². The zero-order chi connectivity index (χ0) is 9.97. The first kappa shape index (κ1) is 8.96. The van der Waals surface area contributed by atoms with Crippen molar-refractivity contribution >= 4 is 11.0 Å². The van der Waals surface area contributed by atoms with Crippen LogP contribution in [0.15, 0.2) is 18.2 Å². The summed E-state index contributed by atoms with van der Waals surface area (Å²) < 4.78 is 13.1. The van der Waals surface area contributed by atoms with Crippen LogP contribution in [0.5, 0.6) is 0 Å². The molecule has 0 radical (unpaired) electrons. The van der Waals surface area contributed by atoms with E-state index in [0.29, 0.717) is 24.3 Å². The number of hydrogen-bond donors (Lipinski definition) is 1. The van der Waals surface area contributed by atoms with Crippen LogP contribution in [0.25, 0.3) is 11.0 Å². The predicted octanol–water partition coefficient (Wildman–Crippen LogP) is 0.665. The molecular weight excluding hydrogens is 183 g/mol. The van der Waals surface area contributed by atoms with Crippen molar-refractivity contribution in [1.29, 1.82) is 0 Å². The van der Waals surface area contributed by atoms with Gasteiger partial charge in [0.25, 0.3) is 0 Å². The number of aromatic nitrogens is 3. The molecule has 0 amide bonds. The highest BCUT2D eigenvalue weighted by atomic mass is 19.1. The summed E-state index contributed by atoms with van der Waals surface area (Å²) >= 11 is 0. The van der Waals surface area contributed by atoms with Gasteiger partial charge in [-0.2, -0.15) is 0 Å². The second-order valence-electron chi connectivity index (χ2n) is 2.87. The van der Waals surface area contributed by atoms with Crippen LogP contribution < -0.4 is 5.73 Å². The minimum atomic E-state index is -0.401. The van der Waals surface area contributed by atoms with E-state index in [0.717, 1.165) is 0 Å². The lowest BCUT2D eigenvalue weighted by molar-refractivity contribution is 0.633. The Morgan fingerprint density at radius 3 is 2.93 bits per heavy atom. The van der Waals surface area contributed by atoms with E-state index >= 15 is 0 Å². The van der Waals surface area contributed by atoms with Gasteiger partial charge in [0.15, 0.2) is 11.6 Å². The molecular formula is C9H9FN4. The lowest BCUT2D eigenvalue weighted by Gasteiger charge is -1.99. The molecule has 14 heavy (non-hydrogen) atoms. The van der Waals surface area contributed by atoms with Crippen LogP contribution in [0.3, 0.4) is 0 Å². The van der Waals surface area contributed by atoms with Gasteiger partial charge in [0.2, 0.25) is 0 Å². The second kappa shape index (κ2) is 3.63. The van der Waals surface area contributed by atoms with Crippen molar-refractivity contribution in [2.24, 2.45) is 5.73 Å². The Bertz CT molecular complexity index is 458. The lowest BCUT2D eigenvalue weighted by Crippen LogP contribution is -2.07. The highest BCUT2D eigenvalue weighted by Gasteiger charge is 2.04. The molecule has 2 aromatic rings. The number of hydrogen-bond acceptors (Lipinski definition) is 4. The number of rotatable bonds is 2. The largest absolute Gasteiger partial charge is 0.330 e. The molecule has 0 bridgehead atoms. The molecule has 4 nitrogen and oxygen atoms in total. The lowest BCUT2D eigenvalue weighted by atomic mass is 10.3. The van der Waals surface area contributed by atoms with E-state index < -0.39 is 5.82 Å². The van der Waals surface area contributed by atoms with Gasteiger partial charge < -0.3 is 5.73 Å². The number of benzene rings is 1. The Labute approximate surface area is 80.0 Å². The molecule has 0 spiro atoms. The van der Waals surface area contributed by atoms with E-state index in [9.17, 15) is 4.39 Å². The van der Waals surface area contributed by atoms with Crippen molar-refractivity contribution in [1.82, 2.24) is 15.2 Å². The van der Waals surface area contributed by atoms with Gasteiger partial charge in [-0.3, -0.25) is 0 Å². The summed E-state index contributed by atoms with van der Waals surface area (Å²) in [5, 5.41) is 7.53. The number of halogens is 1. The first-order chi connectivity index (χ1) is 6.81. The summed E-state index contributed by atoms with van der Waals surface area (Å²) in [6, 6.07) is 4.63. The minimum Gasteiger partial charge on any atom is -0.330 e. The summed E-state index contributed by atoms with van der Waals surface area (Å²) in [4.78, 5) is 4.13. The molecule has 1 aromatic heterocycles. The van der Waals surface area contributed by atoms with Crippen LogP contribution in [-0.2, 0) is 6.42 Å². The quantitative estimate of drug-likeness (QED) is 0.759. The SMILES string of the molecule is NCCc1nnc2c(F)cccc2n1. The summed E-state index contributed by atoms with van der Waals surface area (Å²) in [5.74, 6) is 0.146. The highest BCUT2D eigenvalue weighted by Crippen LogP contribution is 2.11. The Balaban J connectivity index is 2.56. The van der Waals surface area contributed by atoms with Crippen LogP contribution in [0.2, 0.25) is 0 Å². The Morgan fingerprint density at radius 2 is 2.14 bits per heavy atom. The van der Waals surface area contributed by atoms with Crippen molar-refractivity contribution in [2.45, 2.75) is 6.42 Å². The average Bonchev–Trinajstić information content (AvgIpc) is 2.18. The molecule has 0 unspecified atom stereocenters. The van der Waals surface area contributed by atoms with Crippen LogP contribution in [0.1, 0.15) is 5.82 Å². The van der Waals surface area contributed by atoms with E-state index in [1.807, 2.05) is 0 Å². The fraction of sp³-hybridized carbons (Fsp3) is 0.222. The van der Waals surface area contributed by atoms with Crippen LogP contribution in [-0.4, -0.2) is 21.7 Å². The molecule has 0 atom stereocenters. The number of nitrogens with two attached hydrogens (primary N) is 1. The Kier molecular flexibility index (Phi) is 2.32. The third-order valence-electron chi connectivity index (χ3n) is 1.85. The van der Waals surface area contributed by atoms with Crippen LogP contribution >= 0.6 is 0 Å².